The van der Waals surface area contributed by atoms with Gasteiger partial charge in [0, 0.05) is 15.7 Å². The number of nitrogens with one attached hydrogen (secondary N) is 2. The van der Waals surface area contributed by atoms with Crippen LogP contribution in [0.3, 0.4) is 0 Å². The third kappa shape index (κ3) is 6.00. The lowest BCUT2D eigenvalue weighted by Gasteiger charge is -2.16. The third-order valence-electron chi connectivity index (χ3n) is 5.23. The molecule has 0 bridgehead atoms. The van der Waals surface area contributed by atoms with Crippen LogP contribution in [0, 0.1) is 6.92 Å². The van der Waals surface area contributed by atoms with Crippen molar-refractivity contribution in [2.45, 2.75) is 13.8 Å². The zero-order chi connectivity index (χ0) is 26.5. The molecule has 190 valence electrons. The molecule has 0 fully saturated rings. The second-order valence-corrected chi connectivity index (χ2v) is 9.48. The highest BCUT2D eigenvalue weighted by atomic mass is 79.9. The van der Waals surface area contributed by atoms with Gasteiger partial charge in [0.2, 0.25) is 0 Å². The van der Waals surface area contributed by atoms with Gasteiger partial charge in [0.15, 0.2) is 18.1 Å². The Bertz CT molecular complexity index is 1610. The Kier molecular flexibility index (Phi) is 8.24. The number of para-hydroxylation sites is 1. The van der Waals surface area contributed by atoms with Crippen molar-refractivity contribution in [3.05, 3.63) is 95.5 Å². The Balaban J connectivity index is 1.60. The number of H-pyrrole nitrogens is 1. The minimum Gasteiger partial charge on any atom is -0.490 e. The Morgan fingerprint density at radius 3 is 2.54 bits per heavy atom. The molecule has 0 unspecified atom stereocenters. The topological polar surface area (TPSA) is 115 Å². The number of fused-ring (bicyclic) bond motifs is 1. The largest absolute Gasteiger partial charge is 0.490 e. The monoisotopic (exact) mass is 628 g/mol. The van der Waals surface area contributed by atoms with Gasteiger partial charge in [0.25, 0.3) is 11.5 Å². The summed E-state index contributed by atoms with van der Waals surface area (Å²) in [6.07, 6.45) is 1.36. The van der Waals surface area contributed by atoms with Gasteiger partial charge in [-0.05, 0) is 76.0 Å². The van der Waals surface area contributed by atoms with E-state index in [2.05, 4.69) is 47.3 Å². The Hall–Kier alpha value is -3.70. The highest BCUT2D eigenvalue weighted by Gasteiger charge is 2.18. The average Bonchev–Trinajstić information content (AvgIpc) is 2.88. The highest BCUT2D eigenvalue weighted by molar-refractivity contribution is 9.13. The van der Waals surface area contributed by atoms with Gasteiger partial charge < -0.3 is 19.8 Å². The summed E-state index contributed by atoms with van der Waals surface area (Å²) in [5.74, 6) is 0.322. The van der Waals surface area contributed by atoms with Crippen LogP contribution in [0.5, 0.6) is 11.5 Å². The fourth-order valence-corrected chi connectivity index (χ4v) is 4.38. The molecule has 0 saturated heterocycles. The molecule has 1 aromatic heterocycles. The van der Waals surface area contributed by atoms with Crippen molar-refractivity contribution >= 4 is 60.6 Å². The summed E-state index contributed by atoms with van der Waals surface area (Å²) in [6, 6.07) is 15.7. The van der Waals surface area contributed by atoms with Crippen molar-refractivity contribution in [2.24, 2.45) is 5.10 Å². The molecule has 9 nitrogen and oxygen atoms in total. The maximum Gasteiger partial charge on any atom is 0.349 e. The Morgan fingerprint density at radius 2 is 1.81 bits per heavy atom. The molecule has 11 heteroatoms. The first-order valence-corrected chi connectivity index (χ1v) is 12.8. The van der Waals surface area contributed by atoms with Crippen LogP contribution in [-0.4, -0.2) is 35.0 Å². The summed E-state index contributed by atoms with van der Waals surface area (Å²) in [7, 11) is 0. The van der Waals surface area contributed by atoms with Crippen molar-refractivity contribution in [1.82, 2.24) is 9.66 Å². The molecule has 3 aromatic carbocycles. The maximum atomic E-state index is 12.8. The predicted molar refractivity (Wildman–Crippen MR) is 150 cm³/mol. The van der Waals surface area contributed by atoms with Gasteiger partial charge in [-0.3, -0.25) is 9.59 Å². The second-order valence-electron chi connectivity index (χ2n) is 7.89. The summed E-state index contributed by atoms with van der Waals surface area (Å²) >= 11 is 6.97. The minimum atomic E-state index is -0.667. The fourth-order valence-electron chi connectivity index (χ4n) is 3.45. The van der Waals surface area contributed by atoms with Crippen molar-refractivity contribution in [3.63, 3.8) is 0 Å². The van der Waals surface area contributed by atoms with Gasteiger partial charge in [-0.15, -0.1) is 4.68 Å². The quantitative estimate of drug-likeness (QED) is 0.271. The molecule has 4 aromatic rings. The standard InChI is InChI=1S/C26H22Br2N4O5/c1-3-36-20-12-16(13-29-32-25(34)18-6-4-5-7-19(18)31-26(32)35)22(27)23(28)24(20)37-14-21(33)30-17-10-8-15(2)9-11-17/h4-13H,3,14H2,1-2H3,(H,30,33)(H,31,35). The van der Waals surface area contributed by atoms with Crippen molar-refractivity contribution in [3.8, 4) is 11.5 Å². The van der Waals surface area contributed by atoms with E-state index in [1.165, 1.54) is 6.21 Å². The molecule has 1 heterocycles. The highest BCUT2D eigenvalue weighted by Crippen LogP contribution is 2.42. The molecule has 0 spiro atoms. The summed E-state index contributed by atoms with van der Waals surface area (Å²) in [5.41, 5.74) is 1.47. The van der Waals surface area contributed by atoms with E-state index in [4.69, 9.17) is 9.47 Å². The lowest BCUT2D eigenvalue weighted by Crippen LogP contribution is -2.32. The average molecular weight is 630 g/mol. The molecule has 4 rings (SSSR count). The number of halogens is 2. The van der Waals surface area contributed by atoms with Gasteiger partial charge in [-0.2, -0.15) is 5.10 Å². The van der Waals surface area contributed by atoms with E-state index in [0.29, 0.717) is 49.2 Å². The van der Waals surface area contributed by atoms with E-state index in [0.717, 1.165) is 10.2 Å². The number of aromatic amines is 1. The van der Waals surface area contributed by atoms with E-state index in [-0.39, 0.29) is 12.5 Å². The van der Waals surface area contributed by atoms with Gasteiger partial charge >= 0.3 is 5.69 Å². The van der Waals surface area contributed by atoms with Crippen LogP contribution in [0.25, 0.3) is 10.9 Å². The van der Waals surface area contributed by atoms with E-state index >= 15 is 0 Å². The zero-order valence-corrected chi connectivity index (χ0v) is 23.1. The van der Waals surface area contributed by atoms with Crippen molar-refractivity contribution in [2.75, 3.05) is 18.5 Å². The SMILES string of the molecule is CCOc1cc(C=Nn2c(=O)[nH]c3ccccc3c2=O)c(Br)c(Br)c1OCC(=O)Nc1ccc(C)cc1. The molecule has 1 amide bonds. The lowest BCUT2D eigenvalue weighted by molar-refractivity contribution is -0.118. The number of amides is 1. The number of carbonyl (C=O) groups is 1. The molecule has 37 heavy (non-hydrogen) atoms. The summed E-state index contributed by atoms with van der Waals surface area (Å²) in [6.45, 7) is 3.85. The van der Waals surface area contributed by atoms with Crippen LogP contribution < -0.4 is 26.0 Å². The van der Waals surface area contributed by atoms with E-state index in [9.17, 15) is 14.4 Å². The van der Waals surface area contributed by atoms with Gasteiger partial charge in [0.1, 0.15) is 0 Å². The van der Waals surface area contributed by atoms with E-state index in [1.807, 2.05) is 38.1 Å². The van der Waals surface area contributed by atoms with Crippen LogP contribution in [0.2, 0.25) is 0 Å². The normalized spacial score (nSPS) is 11.1. The molecule has 0 aliphatic heterocycles. The number of benzene rings is 3. The first-order valence-electron chi connectivity index (χ1n) is 11.2. The second kappa shape index (κ2) is 11.6. The van der Waals surface area contributed by atoms with Gasteiger partial charge in [-0.1, -0.05) is 29.8 Å². The van der Waals surface area contributed by atoms with Crippen LogP contribution in [0.15, 0.2) is 78.2 Å². The molecule has 0 aliphatic carbocycles. The third-order valence-corrected chi connectivity index (χ3v) is 7.38. The van der Waals surface area contributed by atoms with Crippen molar-refractivity contribution < 1.29 is 14.3 Å². The van der Waals surface area contributed by atoms with Crippen molar-refractivity contribution in [1.29, 1.82) is 0 Å². The molecule has 0 aliphatic rings. The Labute approximate surface area is 228 Å². The number of carbonyl (C=O) groups excluding carboxylic acids is 1. The number of aryl methyl sites for hydroxylation is 1. The zero-order valence-electron chi connectivity index (χ0n) is 19.9. The molecular weight excluding hydrogens is 608 g/mol. The Morgan fingerprint density at radius 1 is 1.08 bits per heavy atom. The number of ether oxygens (including phenoxy) is 2. The fraction of sp³-hybridized carbons (Fsp3) is 0.154. The molecule has 0 saturated carbocycles. The first-order chi connectivity index (χ1) is 17.8. The number of nitrogens with zero attached hydrogens (tertiary/aromatic N) is 2. The number of aromatic nitrogens is 2. The van der Waals surface area contributed by atoms with Crippen LogP contribution in [0.4, 0.5) is 5.69 Å². The number of anilines is 1. The minimum absolute atomic E-state index is 0.256. The molecule has 2 N–H and O–H groups in total. The van der Waals surface area contributed by atoms with Gasteiger partial charge in [-0.25, -0.2) is 4.79 Å². The summed E-state index contributed by atoms with van der Waals surface area (Å²) in [4.78, 5) is 40.3. The van der Waals surface area contributed by atoms with E-state index in [1.54, 1.807) is 30.3 Å². The predicted octanol–water partition coefficient (Wildman–Crippen LogP) is 4.82. The first kappa shape index (κ1) is 26.4. The number of hydrogen-bond donors (Lipinski definition) is 2. The van der Waals surface area contributed by atoms with E-state index < -0.39 is 11.2 Å². The summed E-state index contributed by atoms with van der Waals surface area (Å²) in [5, 5.41) is 7.23. The van der Waals surface area contributed by atoms with Crippen LogP contribution in [0.1, 0.15) is 18.1 Å². The number of rotatable bonds is 8. The molecule has 0 radical (unpaired) electrons. The van der Waals surface area contributed by atoms with Crippen LogP contribution in [-0.2, 0) is 4.79 Å². The maximum absolute atomic E-state index is 12.8. The van der Waals surface area contributed by atoms with Gasteiger partial charge in [0.05, 0.1) is 28.2 Å². The molecular formula is C26H22Br2N4O5. The van der Waals surface area contributed by atoms with Crippen LogP contribution >= 0.6 is 31.9 Å². The summed E-state index contributed by atoms with van der Waals surface area (Å²) < 4.78 is 13.3. The lowest BCUT2D eigenvalue weighted by atomic mass is 10.2. The molecule has 0 atom stereocenters. The smallest absolute Gasteiger partial charge is 0.349 e. The number of hydrogen-bond acceptors (Lipinski definition) is 6.